The molecule has 3 heteroatoms. The smallest absolute Gasteiger partial charge is 0.137 e. The molecule has 0 aromatic heterocycles. The monoisotopic (exact) mass is 225 g/mol. The molecule has 1 aliphatic heterocycles. The summed E-state index contributed by atoms with van der Waals surface area (Å²) in [7, 11) is 0. The average Bonchev–Trinajstić information content (AvgIpc) is 2.69. The maximum Gasteiger partial charge on any atom is 0.137 e. The summed E-state index contributed by atoms with van der Waals surface area (Å²) in [6.45, 7) is 3.84. The first-order valence-electron chi connectivity index (χ1n) is 5.38. The second kappa shape index (κ2) is 4.86. The summed E-state index contributed by atoms with van der Waals surface area (Å²) < 4.78 is 5.68. The topological polar surface area (TPSA) is 21.3 Å². The highest BCUT2D eigenvalue weighted by Gasteiger charge is 2.14. The van der Waals surface area contributed by atoms with E-state index in [1.54, 1.807) is 0 Å². The summed E-state index contributed by atoms with van der Waals surface area (Å²) in [6.07, 6.45) is 2.44. The van der Waals surface area contributed by atoms with Crippen LogP contribution in [0.2, 0.25) is 5.02 Å². The van der Waals surface area contributed by atoms with Crippen LogP contribution >= 0.6 is 11.6 Å². The van der Waals surface area contributed by atoms with Crippen LogP contribution < -0.4 is 10.1 Å². The molecule has 0 aliphatic carbocycles. The van der Waals surface area contributed by atoms with Gasteiger partial charge in [-0.1, -0.05) is 17.7 Å². The normalized spacial score (nSPS) is 20.5. The van der Waals surface area contributed by atoms with Gasteiger partial charge in [-0.2, -0.15) is 0 Å². The number of aryl methyl sites for hydroxylation is 1. The fourth-order valence-corrected chi connectivity index (χ4v) is 2.10. The molecule has 1 fully saturated rings. The van der Waals surface area contributed by atoms with Crippen LogP contribution in [-0.2, 0) is 0 Å². The lowest BCUT2D eigenvalue weighted by molar-refractivity contribution is 0.277. The predicted molar refractivity (Wildman–Crippen MR) is 62.7 cm³/mol. The number of nitrogens with one attached hydrogen (secondary N) is 1. The molecular weight excluding hydrogens is 210 g/mol. The lowest BCUT2D eigenvalue weighted by Crippen LogP contribution is -2.28. The molecule has 1 saturated heterocycles. The minimum atomic E-state index is 0.488. The van der Waals surface area contributed by atoms with E-state index < -0.39 is 0 Å². The van der Waals surface area contributed by atoms with Crippen molar-refractivity contribution in [3.05, 3.63) is 28.8 Å². The zero-order valence-electron chi connectivity index (χ0n) is 8.92. The van der Waals surface area contributed by atoms with Crippen molar-refractivity contribution in [2.75, 3.05) is 13.2 Å². The largest absolute Gasteiger partial charge is 0.490 e. The van der Waals surface area contributed by atoms with Gasteiger partial charge < -0.3 is 10.1 Å². The van der Waals surface area contributed by atoms with Crippen molar-refractivity contribution in [1.82, 2.24) is 5.32 Å². The molecule has 1 unspecified atom stereocenters. The number of hydrogen-bond acceptors (Lipinski definition) is 2. The summed E-state index contributed by atoms with van der Waals surface area (Å²) >= 11 is 6.07. The molecule has 0 saturated carbocycles. The molecule has 0 amide bonds. The van der Waals surface area contributed by atoms with Gasteiger partial charge in [0, 0.05) is 6.04 Å². The Morgan fingerprint density at radius 1 is 1.53 bits per heavy atom. The highest BCUT2D eigenvalue weighted by Crippen LogP contribution is 2.25. The highest BCUT2D eigenvalue weighted by molar-refractivity contribution is 6.32. The third-order valence-corrected chi connectivity index (χ3v) is 2.99. The lowest BCUT2D eigenvalue weighted by atomic mass is 10.2. The van der Waals surface area contributed by atoms with Gasteiger partial charge in [-0.05, 0) is 44.0 Å². The van der Waals surface area contributed by atoms with Crippen molar-refractivity contribution in [2.45, 2.75) is 25.8 Å². The van der Waals surface area contributed by atoms with Crippen molar-refractivity contribution < 1.29 is 4.74 Å². The van der Waals surface area contributed by atoms with E-state index in [1.165, 1.54) is 12.8 Å². The zero-order valence-corrected chi connectivity index (χ0v) is 9.68. The first-order chi connectivity index (χ1) is 7.25. The van der Waals surface area contributed by atoms with Crippen LogP contribution in [0.25, 0.3) is 0 Å². The van der Waals surface area contributed by atoms with Crippen LogP contribution in [0.1, 0.15) is 18.4 Å². The van der Waals surface area contributed by atoms with Gasteiger partial charge in [0.15, 0.2) is 0 Å². The van der Waals surface area contributed by atoms with E-state index in [1.807, 2.05) is 25.1 Å². The highest BCUT2D eigenvalue weighted by atomic mass is 35.5. The molecule has 1 heterocycles. The Kier molecular flexibility index (Phi) is 3.49. The first kappa shape index (κ1) is 10.8. The molecule has 1 aromatic carbocycles. The Labute approximate surface area is 95.6 Å². The molecule has 82 valence electrons. The van der Waals surface area contributed by atoms with E-state index in [-0.39, 0.29) is 0 Å². The number of rotatable bonds is 3. The second-order valence-corrected chi connectivity index (χ2v) is 4.45. The quantitative estimate of drug-likeness (QED) is 0.854. The standard InChI is InChI=1S/C12H16ClNO/c1-9-4-5-12(11(13)7-9)15-8-10-3-2-6-14-10/h4-5,7,10,14H,2-3,6,8H2,1H3. The maximum atomic E-state index is 6.07. The third-order valence-electron chi connectivity index (χ3n) is 2.69. The Bertz CT molecular complexity index is 334. The molecule has 1 aliphatic rings. The van der Waals surface area contributed by atoms with Crippen LogP contribution in [0.3, 0.4) is 0 Å². The van der Waals surface area contributed by atoms with Gasteiger partial charge in [0.25, 0.3) is 0 Å². The number of halogens is 1. The van der Waals surface area contributed by atoms with E-state index >= 15 is 0 Å². The predicted octanol–water partition coefficient (Wildman–Crippen LogP) is 2.78. The van der Waals surface area contributed by atoms with Crippen LogP contribution in [0, 0.1) is 6.92 Å². The van der Waals surface area contributed by atoms with Gasteiger partial charge in [-0.25, -0.2) is 0 Å². The number of benzene rings is 1. The fraction of sp³-hybridized carbons (Fsp3) is 0.500. The number of ether oxygens (including phenoxy) is 1. The summed E-state index contributed by atoms with van der Waals surface area (Å²) in [4.78, 5) is 0. The van der Waals surface area contributed by atoms with Crippen molar-refractivity contribution in [1.29, 1.82) is 0 Å². The Morgan fingerprint density at radius 3 is 3.07 bits per heavy atom. The van der Waals surface area contributed by atoms with E-state index in [0.29, 0.717) is 17.7 Å². The average molecular weight is 226 g/mol. The molecule has 0 radical (unpaired) electrons. The van der Waals surface area contributed by atoms with Crippen molar-refractivity contribution in [3.8, 4) is 5.75 Å². The molecule has 0 bridgehead atoms. The second-order valence-electron chi connectivity index (χ2n) is 4.04. The Hall–Kier alpha value is -0.730. The van der Waals surface area contributed by atoms with Crippen molar-refractivity contribution in [3.63, 3.8) is 0 Å². The van der Waals surface area contributed by atoms with Crippen LogP contribution in [-0.4, -0.2) is 19.2 Å². The zero-order chi connectivity index (χ0) is 10.7. The molecule has 1 atom stereocenters. The number of hydrogen-bond donors (Lipinski definition) is 1. The van der Waals surface area contributed by atoms with E-state index in [4.69, 9.17) is 16.3 Å². The molecule has 1 aromatic rings. The van der Waals surface area contributed by atoms with Crippen LogP contribution in [0.15, 0.2) is 18.2 Å². The minimum absolute atomic E-state index is 0.488. The molecular formula is C12H16ClNO. The van der Waals surface area contributed by atoms with Crippen LogP contribution in [0.5, 0.6) is 5.75 Å². The molecule has 2 rings (SSSR count). The van der Waals surface area contributed by atoms with Gasteiger partial charge in [-0.15, -0.1) is 0 Å². The fourth-order valence-electron chi connectivity index (χ4n) is 1.81. The maximum absolute atomic E-state index is 6.07. The van der Waals surface area contributed by atoms with Gasteiger partial charge in [-0.3, -0.25) is 0 Å². The van der Waals surface area contributed by atoms with E-state index in [0.717, 1.165) is 17.9 Å². The molecule has 0 spiro atoms. The lowest BCUT2D eigenvalue weighted by Gasteiger charge is -2.13. The van der Waals surface area contributed by atoms with E-state index in [2.05, 4.69) is 5.32 Å². The van der Waals surface area contributed by atoms with Gasteiger partial charge >= 0.3 is 0 Å². The Morgan fingerprint density at radius 2 is 2.40 bits per heavy atom. The molecule has 2 nitrogen and oxygen atoms in total. The van der Waals surface area contributed by atoms with Crippen LogP contribution in [0.4, 0.5) is 0 Å². The minimum Gasteiger partial charge on any atom is -0.490 e. The van der Waals surface area contributed by atoms with Gasteiger partial charge in [0.05, 0.1) is 5.02 Å². The SMILES string of the molecule is Cc1ccc(OCC2CCCN2)c(Cl)c1. The van der Waals surface area contributed by atoms with Gasteiger partial charge in [0.2, 0.25) is 0 Å². The molecule has 1 N–H and O–H groups in total. The Balaban J connectivity index is 1.92. The van der Waals surface area contributed by atoms with Crippen molar-refractivity contribution in [2.24, 2.45) is 0 Å². The molecule has 15 heavy (non-hydrogen) atoms. The van der Waals surface area contributed by atoms with E-state index in [9.17, 15) is 0 Å². The summed E-state index contributed by atoms with van der Waals surface area (Å²) in [5.74, 6) is 0.788. The van der Waals surface area contributed by atoms with Crippen molar-refractivity contribution >= 4 is 11.6 Å². The summed E-state index contributed by atoms with van der Waals surface area (Å²) in [5, 5.41) is 4.09. The summed E-state index contributed by atoms with van der Waals surface area (Å²) in [6, 6.07) is 6.37. The van der Waals surface area contributed by atoms with Gasteiger partial charge in [0.1, 0.15) is 12.4 Å². The summed E-state index contributed by atoms with van der Waals surface area (Å²) in [5.41, 5.74) is 1.16. The first-order valence-corrected chi connectivity index (χ1v) is 5.76. The third kappa shape index (κ3) is 2.86.